The number of ether oxygens (including phenoxy) is 1. The summed E-state index contributed by atoms with van der Waals surface area (Å²) < 4.78 is 5.45. The van der Waals surface area contributed by atoms with Crippen molar-refractivity contribution in [3.63, 3.8) is 0 Å². The van der Waals surface area contributed by atoms with Gasteiger partial charge in [-0.3, -0.25) is 9.59 Å². The van der Waals surface area contributed by atoms with Crippen LogP contribution in [0.1, 0.15) is 309 Å². The Morgan fingerprint density at radius 2 is 0.712 bits per heavy atom. The molecule has 6 nitrogen and oxygen atoms in total. The van der Waals surface area contributed by atoms with Crippen molar-refractivity contribution in [1.82, 2.24) is 5.32 Å². The molecule has 0 aliphatic heterocycles. The Balaban J connectivity index is 3.54. The third kappa shape index (κ3) is 51.5. The Labute approximate surface area is 411 Å². The predicted octanol–water partition coefficient (Wildman–Crippen LogP) is 18.0. The normalized spacial score (nSPS) is 12.8. The minimum atomic E-state index is -0.868. The minimum Gasteiger partial charge on any atom is -0.466 e. The summed E-state index contributed by atoms with van der Waals surface area (Å²) in [4.78, 5) is 24.5. The zero-order valence-electron chi connectivity index (χ0n) is 44.2. The first kappa shape index (κ1) is 64.1. The fourth-order valence-corrected chi connectivity index (χ4v) is 8.86. The molecule has 0 rings (SSSR count). The number of aliphatic hydroxyl groups excluding tert-OH is 2. The van der Waals surface area contributed by atoms with Gasteiger partial charge in [-0.1, -0.05) is 249 Å². The van der Waals surface area contributed by atoms with Crippen LogP contribution in [0, 0.1) is 0 Å². The fourth-order valence-electron chi connectivity index (χ4n) is 8.86. The topological polar surface area (TPSA) is 95.9 Å². The van der Waals surface area contributed by atoms with Crippen LogP contribution in [0.15, 0.2) is 36.5 Å². The zero-order chi connectivity index (χ0) is 47.9. The van der Waals surface area contributed by atoms with Crippen LogP contribution in [-0.4, -0.2) is 47.4 Å². The average molecular weight is 929 g/mol. The molecular formula is C60H113NO5. The van der Waals surface area contributed by atoms with E-state index in [1.807, 2.05) is 6.08 Å². The predicted molar refractivity (Wildman–Crippen MR) is 287 cm³/mol. The third-order valence-electron chi connectivity index (χ3n) is 13.4. The number of allylic oxidation sites excluding steroid dienone is 5. The van der Waals surface area contributed by atoms with Crippen LogP contribution in [0.5, 0.6) is 0 Å². The van der Waals surface area contributed by atoms with Crippen LogP contribution in [0.4, 0.5) is 0 Å². The van der Waals surface area contributed by atoms with E-state index in [1.54, 1.807) is 6.08 Å². The molecule has 0 aliphatic rings. The number of carbonyl (C=O) groups excluding carboxylic acids is 2. The van der Waals surface area contributed by atoms with Gasteiger partial charge in [-0.2, -0.15) is 0 Å². The molecule has 2 unspecified atom stereocenters. The highest BCUT2D eigenvalue weighted by atomic mass is 16.5. The van der Waals surface area contributed by atoms with Crippen molar-refractivity contribution in [1.29, 1.82) is 0 Å². The van der Waals surface area contributed by atoms with Crippen molar-refractivity contribution in [3.8, 4) is 0 Å². The van der Waals surface area contributed by atoms with E-state index in [0.29, 0.717) is 19.4 Å². The molecule has 0 fully saturated rings. The lowest BCUT2D eigenvalue weighted by atomic mass is 10.0. The Kier molecular flexibility index (Phi) is 54.1. The Morgan fingerprint density at radius 3 is 1.08 bits per heavy atom. The minimum absolute atomic E-state index is 0.0410. The van der Waals surface area contributed by atoms with Crippen LogP contribution in [0.2, 0.25) is 0 Å². The summed E-state index contributed by atoms with van der Waals surface area (Å²) in [5.41, 5.74) is 0. The molecule has 0 aromatic heterocycles. The van der Waals surface area contributed by atoms with Gasteiger partial charge in [-0.05, 0) is 83.5 Å². The number of hydrogen-bond donors (Lipinski definition) is 3. The van der Waals surface area contributed by atoms with Crippen molar-refractivity contribution in [3.05, 3.63) is 36.5 Å². The van der Waals surface area contributed by atoms with Crippen LogP contribution >= 0.6 is 0 Å². The van der Waals surface area contributed by atoms with E-state index in [2.05, 4.69) is 43.5 Å². The van der Waals surface area contributed by atoms with E-state index in [0.717, 1.165) is 77.0 Å². The van der Waals surface area contributed by atoms with E-state index in [-0.39, 0.29) is 18.5 Å². The van der Waals surface area contributed by atoms with Gasteiger partial charge in [0.2, 0.25) is 5.91 Å². The summed E-state index contributed by atoms with van der Waals surface area (Å²) in [6, 6.07) is -0.655. The molecule has 0 aromatic rings. The van der Waals surface area contributed by atoms with Crippen molar-refractivity contribution < 1.29 is 24.5 Å². The van der Waals surface area contributed by atoms with E-state index < -0.39 is 12.1 Å². The van der Waals surface area contributed by atoms with Gasteiger partial charge < -0.3 is 20.3 Å². The number of carbonyl (C=O) groups is 2. The van der Waals surface area contributed by atoms with Gasteiger partial charge >= 0.3 is 5.97 Å². The fraction of sp³-hybridized carbons (Fsp3) is 0.867. The second-order valence-corrected chi connectivity index (χ2v) is 20.0. The number of aliphatic hydroxyl groups is 2. The van der Waals surface area contributed by atoms with Crippen LogP contribution in [0.25, 0.3) is 0 Å². The van der Waals surface area contributed by atoms with E-state index in [4.69, 9.17) is 4.74 Å². The van der Waals surface area contributed by atoms with E-state index in [1.165, 1.54) is 205 Å². The Hall–Kier alpha value is -1.92. The number of rotatable bonds is 54. The molecule has 0 bridgehead atoms. The lowest BCUT2D eigenvalue weighted by Crippen LogP contribution is -2.45. The second-order valence-electron chi connectivity index (χ2n) is 20.0. The molecule has 1 amide bonds. The highest BCUT2D eigenvalue weighted by Gasteiger charge is 2.18. The highest BCUT2D eigenvalue weighted by Crippen LogP contribution is 2.16. The smallest absolute Gasteiger partial charge is 0.305 e. The number of amides is 1. The summed E-state index contributed by atoms with van der Waals surface area (Å²) in [5, 5.41) is 23.1. The van der Waals surface area contributed by atoms with Crippen LogP contribution in [0.3, 0.4) is 0 Å². The van der Waals surface area contributed by atoms with Gasteiger partial charge in [0.05, 0.1) is 25.4 Å². The second kappa shape index (κ2) is 55.7. The van der Waals surface area contributed by atoms with Gasteiger partial charge in [0.15, 0.2) is 0 Å². The molecule has 0 aliphatic carbocycles. The maximum atomic E-state index is 12.5. The molecule has 0 saturated carbocycles. The monoisotopic (exact) mass is 928 g/mol. The number of hydrogen-bond acceptors (Lipinski definition) is 5. The Morgan fingerprint density at radius 1 is 0.409 bits per heavy atom. The molecule has 0 aromatic carbocycles. The van der Waals surface area contributed by atoms with Crippen LogP contribution < -0.4 is 5.32 Å². The van der Waals surface area contributed by atoms with E-state index in [9.17, 15) is 19.8 Å². The van der Waals surface area contributed by atoms with Gasteiger partial charge in [0, 0.05) is 12.8 Å². The van der Waals surface area contributed by atoms with Gasteiger partial charge in [-0.25, -0.2) is 0 Å². The van der Waals surface area contributed by atoms with E-state index >= 15 is 0 Å². The standard InChI is InChI=1S/C60H113NO5/c1-3-5-7-9-11-13-15-17-19-21-23-24-25-26-28-30-32-36-40-44-48-52-58(63)57(56-62)61-59(64)53-49-45-41-37-34-35-39-43-47-51-55-66-60(65)54-50-46-42-38-33-31-29-27-22-20-18-16-14-12-10-8-6-4-2/h20,22,35,39,48,52,57-58,62-63H,3-19,21,23-34,36-38,40-47,49-51,53-56H2,1-2H3,(H,61,64)/b22-20-,39-35-,52-48+. The first-order valence-electron chi connectivity index (χ1n) is 29.3. The number of esters is 1. The highest BCUT2D eigenvalue weighted by molar-refractivity contribution is 5.76. The molecule has 6 heteroatoms. The molecule has 388 valence electrons. The molecule has 3 N–H and O–H groups in total. The van der Waals surface area contributed by atoms with Gasteiger partial charge in [-0.15, -0.1) is 0 Å². The van der Waals surface area contributed by atoms with Crippen molar-refractivity contribution in [2.45, 2.75) is 321 Å². The SMILES string of the molecule is CCCCCCCCC/C=C\CCCCCCCCCC(=O)OCCCC/C=C\CCCCCCC(=O)NC(CO)C(O)/C=C/CCCCCCCCCCCCCCCCCCCCC. The molecule has 2 atom stereocenters. The third-order valence-corrected chi connectivity index (χ3v) is 13.4. The van der Waals surface area contributed by atoms with Crippen molar-refractivity contribution in [2.24, 2.45) is 0 Å². The zero-order valence-corrected chi connectivity index (χ0v) is 44.2. The average Bonchev–Trinajstić information content (AvgIpc) is 3.32. The number of unbranched alkanes of at least 4 members (excludes halogenated alkanes) is 39. The summed E-state index contributed by atoms with van der Waals surface area (Å²) in [7, 11) is 0. The first-order chi connectivity index (χ1) is 32.5. The summed E-state index contributed by atoms with van der Waals surface area (Å²) in [5.74, 6) is -0.143. The lowest BCUT2D eigenvalue weighted by Gasteiger charge is -2.20. The summed E-state index contributed by atoms with van der Waals surface area (Å²) >= 11 is 0. The Bertz CT molecular complexity index is 1070. The molecule has 0 saturated heterocycles. The molecule has 0 spiro atoms. The molecular weight excluding hydrogens is 815 g/mol. The van der Waals surface area contributed by atoms with Gasteiger partial charge in [0.1, 0.15) is 0 Å². The molecule has 0 heterocycles. The van der Waals surface area contributed by atoms with Crippen molar-refractivity contribution >= 4 is 11.9 Å². The van der Waals surface area contributed by atoms with Crippen molar-refractivity contribution in [2.75, 3.05) is 13.2 Å². The molecule has 0 radical (unpaired) electrons. The maximum Gasteiger partial charge on any atom is 0.305 e. The maximum absolute atomic E-state index is 12.5. The molecule has 66 heavy (non-hydrogen) atoms. The van der Waals surface area contributed by atoms with Crippen LogP contribution in [-0.2, 0) is 14.3 Å². The number of nitrogens with one attached hydrogen (secondary N) is 1. The first-order valence-corrected chi connectivity index (χ1v) is 29.3. The quantitative estimate of drug-likeness (QED) is 0.0321. The summed E-state index contributed by atoms with van der Waals surface area (Å²) in [6.07, 6.45) is 68.8. The summed E-state index contributed by atoms with van der Waals surface area (Å²) in [6.45, 7) is 4.83. The largest absolute Gasteiger partial charge is 0.466 e. The van der Waals surface area contributed by atoms with Gasteiger partial charge in [0.25, 0.3) is 0 Å². The lowest BCUT2D eigenvalue weighted by molar-refractivity contribution is -0.143.